The molecule has 6 heteroatoms. The van der Waals surface area contributed by atoms with E-state index < -0.39 is 12.0 Å². The highest BCUT2D eigenvalue weighted by Crippen LogP contribution is 2.00. The summed E-state index contributed by atoms with van der Waals surface area (Å²) < 4.78 is 0. The number of rotatable bonds is 9. The van der Waals surface area contributed by atoms with Crippen LogP contribution in [0.3, 0.4) is 0 Å². The molecule has 104 valence electrons. The van der Waals surface area contributed by atoms with E-state index in [0.29, 0.717) is 25.8 Å². The average Bonchev–Trinajstić information content (AvgIpc) is 2.29. The van der Waals surface area contributed by atoms with Crippen molar-refractivity contribution in [1.82, 2.24) is 10.6 Å². The maximum Gasteiger partial charge on any atom is 0.326 e. The molecule has 0 spiro atoms. The number of carboxylic acid groups (broad SMARTS) is 1. The number of carboxylic acids is 1. The van der Waals surface area contributed by atoms with Crippen LogP contribution in [0.5, 0.6) is 0 Å². The predicted molar refractivity (Wildman–Crippen MR) is 67.0 cm³/mol. The Morgan fingerprint density at radius 1 is 1.17 bits per heavy atom. The van der Waals surface area contributed by atoms with Gasteiger partial charge in [-0.25, -0.2) is 4.79 Å². The van der Waals surface area contributed by atoms with Crippen LogP contribution in [-0.2, 0) is 14.4 Å². The summed E-state index contributed by atoms with van der Waals surface area (Å²) >= 11 is 0. The van der Waals surface area contributed by atoms with E-state index >= 15 is 0 Å². The summed E-state index contributed by atoms with van der Waals surface area (Å²) in [4.78, 5) is 32.7. The number of carbonyl (C=O) groups excluding carboxylic acids is 2. The molecule has 0 aromatic heterocycles. The maximum atomic E-state index is 11.4. The summed E-state index contributed by atoms with van der Waals surface area (Å²) in [5.74, 6) is -1.29. The zero-order chi connectivity index (χ0) is 14.0. The zero-order valence-corrected chi connectivity index (χ0v) is 11.0. The second kappa shape index (κ2) is 9.44. The van der Waals surface area contributed by atoms with Crippen molar-refractivity contribution in [1.29, 1.82) is 0 Å². The van der Waals surface area contributed by atoms with Crippen LogP contribution in [0.2, 0.25) is 0 Å². The molecule has 18 heavy (non-hydrogen) atoms. The van der Waals surface area contributed by atoms with Crippen molar-refractivity contribution < 1.29 is 19.5 Å². The number of amides is 2. The predicted octanol–water partition coefficient (Wildman–Crippen LogP) is 0.662. The first-order chi connectivity index (χ1) is 8.47. The maximum absolute atomic E-state index is 11.4. The number of nitrogens with one attached hydrogen (secondary N) is 2. The van der Waals surface area contributed by atoms with Gasteiger partial charge < -0.3 is 15.7 Å². The lowest BCUT2D eigenvalue weighted by Crippen LogP contribution is -2.40. The van der Waals surface area contributed by atoms with Gasteiger partial charge in [0.05, 0.1) is 0 Å². The molecule has 0 fully saturated rings. The second-order valence-electron chi connectivity index (χ2n) is 4.16. The Labute approximate surface area is 107 Å². The quantitative estimate of drug-likeness (QED) is 0.529. The van der Waals surface area contributed by atoms with E-state index in [4.69, 9.17) is 5.11 Å². The number of aliphatic carboxylic acids is 1. The van der Waals surface area contributed by atoms with Crippen LogP contribution in [0, 0.1) is 0 Å². The summed E-state index contributed by atoms with van der Waals surface area (Å²) in [6.07, 6.45) is 3.05. The van der Waals surface area contributed by atoms with Gasteiger partial charge in [-0.3, -0.25) is 9.59 Å². The van der Waals surface area contributed by atoms with E-state index in [-0.39, 0.29) is 11.8 Å². The molecule has 0 aromatic rings. The van der Waals surface area contributed by atoms with E-state index in [2.05, 4.69) is 10.6 Å². The molecule has 0 aliphatic rings. The minimum absolute atomic E-state index is 0.0556. The van der Waals surface area contributed by atoms with Crippen molar-refractivity contribution in [3.8, 4) is 0 Å². The van der Waals surface area contributed by atoms with Gasteiger partial charge in [0.1, 0.15) is 6.04 Å². The van der Waals surface area contributed by atoms with Crippen LogP contribution in [0.15, 0.2) is 0 Å². The van der Waals surface area contributed by atoms with Crippen LogP contribution in [0.1, 0.15) is 46.0 Å². The number of hydrogen-bond donors (Lipinski definition) is 3. The summed E-state index contributed by atoms with van der Waals surface area (Å²) in [6, 6.07) is -0.795. The zero-order valence-electron chi connectivity index (χ0n) is 11.0. The minimum Gasteiger partial charge on any atom is -0.480 e. The Balaban J connectivity index is 3.59. The molecule has 0 saturated carbocycles. The Kier molecular flexibility index (Phi) is 8.61. The highest BCUT2D eigenvalue weighted by Gasteiger charge is 2.16. The first kappa shape index (κ1) is 16.4. The van der Waals surface area contributed by atoms with Gasteiger partial charge in [-0.15, -0.1) is 0 Å². The molecule has 6 nitrogen and oxygen atoms in total. The minimum atomic E-state index is -1.00. The monoisotopic (exact) mass is 258 g/mol. The Morgan fingerprint density at radius 3 is 2.33 bits per heavy atom. The molecule has 0 heterocycles. The van der Waals surface area contributed by atoms with E-state index in [1.54, 1.807) is 6.92 Å². The van der Waals surface area contributed by atoms with Crippen LogP contribution in [-0.4, -0.2) is 35.5 Å². The molecule has 0 unspecified atom stereocenters. The van der Waals surface area contributed by atoms with Crippen molar-refractivity contribution in [2.45, 2.75) is 52.0 Å². The number of carbonyl (C=O) groups is 3. The Hall–Kier alpha value is -1.59. The Morgan fingerprint density at radius 2 is 1.83 bits per heavy atom. The van der Waals surface area contributed by atoms with E-state index in [1.807, 2.05) is 0 Å². The van der Waals surface area contributed by atoms with Crippen LogP contribution in [0.4, 0.5) is 0 Å². The summed E-state index contributed by atoms with van der Waals surface area (Å²) in [7, 11) is 0. The third kappa shape index (κ3) is 8.55. The van der Waals surface area contributed by atoms with Crippen LogP contribution in [0.25, 0.3) is 0 Å². The van der Waals surface area contributed by atoms with Gasteiger partial charge in [0.25, 0.3) is 0 Å². The molecular weight excluding hydrogens is 236 g/mol. The van der Waals surface area contributed by atoms with E-state index in [1.165, 1.54) is 6.92 Å². The van der Waals surface area contributed by atoms with E-state index in [0.717, 1.165) is 12.8 Å². The molecule has 2 amide bonds. The van der Waals surface area contributed by atoms with Crippen LogP contribution < -0.4 is 10.6 Å². The molecule has 0 aliphatic heterocycles. The molecule has 3 N–H and O–H groups in total. The fourth-order valence-corrected chi connectivity index (χ4v) is 1.46. The standard InChI is InChI=1S/C12H22N2O4/c1-3-10(12(17)18)14-11(16)7-5-4-6-8-13-9(2)15/h10H,3-8H2,1-2H3,(H,13,15)(H,14,16)(H,17,18)/t10-/m1/s1. The topological polar surface area (TPSA) is 95.5 Å². The van der Waals surface area contributed by atoms with E-state index in [9.17, 15) is 14.4 Å². The van der Waals surface area contributed by atoms with Crippen molar-refractivity contribution in [3.05, 3.63) is 0 Å². The van der Waals surface area contributed by atoms with Gasteiger partial charge in [0, 0.05) is 19.9 Å². The summed E-state index contributed by atoms with van der Waals surface area (Å²) in [5, 5.41) is 13.9. The second-order valence-corrected chi connectivity index (χ2v) is 4.16. The summed E-state index contributed by atoms with van der Waals surface area (Å²) in [6.45, 7) is 3.79. The Bertz CT molecular complexity index is 292. The molecule has 1 atom stereocenters. The molecule has 0 saturated heterocycles. The van der Waals surface area contributed by atoms with Crippen molar-refractivity contribution in [2.75, 3.05) is 6.54 Å². The third-order valence-electron chi connectivity index (χ3n) is 2.50. The summed E-state index contributed by atoms with van der Waals surface area (Å²) in [5.41, 5.74) is 0. The first-order valence-corrected chi connectivity index (χ1v) is 6.24. The largest absolute Gasteiger partial charge is 0.480 e. The van der Waals surface area contributed by atoms with Crippen molar-refractivity contribution in [3.63, 3.8) is 0 Å². The van der Waals surface area contributed by atoms with Crippen LogP contribution >= 0.6 is 0 Å². The smallest absolute Gasteiger partial charge is 0.326 e. The highest BCUT2D eigenvalue weighted by atomic mass is 16.4. The van der Waals surface area contributed by atoms with Crippen molar-refractivity contribution in [2.24, 2.45) is 0 Å². The molecule has 0 aliphatic carbocycles. The van der Waals surface area contributed by atoms with Gasteiger partial charge in [-0.1, -0.05) is 13.3 Å². The SMILES string of the molecule is CC[C@@H](NC(=O)CCCCCNC(C)=O)C(=O)O. The lowest BCUT2D eigenvalue weighted by molar-refractivity contribution is -0.141. The molecular formula is C12H22N2O4. The molecule has 0 bridgehead atoms. The van der Waals surface area contributed by atoms with Gasteiger partial charge in [-0.05, 0) is 19.3 Å². The molecule has 0 rings (SSSR count). The highest BCUT2D eigenvalue weighted by molar-refractivity contribution is 5.83. The normalized spacial score (nSPS) is 11.7. The van der Waals surface area contributed by atoms with Gasteiger partial charge in [-0.2, -0.15) is 0 Å². The number of unbranched alkanes of at least 4 members (excludes halogenated alkanes) is 2. The fraction of sp³-hybridized carbons (Fsp3) is 0.750. The molecule has 0 radical (unpaired) electrons. The fourth-order valence-electron chi connectivity index (χ4n) is 1.46. The number of hydrogen-bond acceptors (Lipinski definition) is 3. The molecule has 0 aromatic carbocycles. The lowest BCUT2D eigenvalue weighted by Gasteiger charge is -2.11. The first-order valence-electron chi connectivity index (χ1n) is 6.24. The van der Waals surface area contributed by atoms with Gasteiger partial charge in [0.15, 0.2) is 0 Å². The van der Waals surface area contributed by atoms with Gasteiger partial charge in [0.2, 0.25) is 11.8 Å². The average molecular weight is 258 g/mol. The third-order valence-corrected chi connectivity index (χ3v) is 2.50. The van der Waals surface area contributed by atoms with Gasteiger partial charge >= 0.3 is 5.97 Å². The van der Waals surface area contributed by atoms with Crippen molar-refractivity contribution >= 4 is 17.8 Å². The lowest BCUT2D eigenvalue weighted by atomic mass is 10.1.